The van der Waals surface area contributed by atoms with Crippen LogP contribution in [0.25, 0.3) is 0 Å². The van der Waals surface area contributed by atoms with Gasteiger partial charge in [0.1, 0.15) is 11.8 Å². The zero-order valence-corrected chi connectivity index (χ0v) is 12.5. The van der Waals surface area contributed by atoms with Gasteiger partial charge in [-0.2, -0.15) is 8.78 Å². The van der Waals surface area contributed by atoms with Crippen LogP contribution in [-0.2, 0) is 4.79 Å². The van der Waals surface area contributed by atoms with Crippen LogP contribution in [0.15, 0.2) is 24.3 Å². The molecule has 0 N–H and O–H groups in total. The van der Waals surface area contributed by atoms with Gasteiger partial charge in [-0.05, 0) is 31.0 Å². The second-order valence-corrected chi connectivity index (χ2v) is 5.30. The van der Waals surface area contributed by atoms with Crippen LogP contribution in [0.3, 0.4) is 0 Å². The minimum atomic E-state index is -2.94. The average Bonchev–Trinajstić information content (AvgIpc) is 2.94. The van der Waals surface area contributed by atoms with Crippen molar-refractivity contribution in [3.63, 3.8) is 0 Å². The third-order valence-corrected chi connectivity index (χ3v) is 3.55. The first-order chi connectivity index (χ1) is 10.4. The fourth-order valence-corrected chi connectivity index (χ4v) is 2.54. The summed E-state index contributed by atoms with van der Waals surface area (Å²) >= 11 is 0. The molecular weight excluding hydrogens is 294 g/mol. The van der Waals surface area contributed by atoms with Gasteiger partial charge in [0.25, 0.3) is 5.91 Å². The SMILES string of the molecule is CN(C)C(=O)C1CCCN1C(=O)c1cccc(OC(F)F)c1. The first kappa shape index (κ1) is 16.2. The molecule has 120 valence electrons. The van der Waals surface area contributed by atoms with Crippen LogP contribution in [0.2, 0.25) is 0 Å². The molecule has 1 aliphatic heterocycles. The summed E-state index contributed by atoms with van der Waals surface area (Å²) in [7, 11) is 3.28. The number of benzene rings is 1. The minimum Gasteiger partial charge on any atom is -0.435 e. The van der Waals surface area contributed by atoms with E-state index in [1.54, 1.807) is 14.1 Å². The molecule has 2 rings (SSSR count). The molecule has 1 fully saturated rings. The number of hydrogen-bond donors (Lipinski definition) is 0. The predicted molar refractivity (Wildman–Crippen MR) is 75.8 cm³/mol. The molecule has 1 saturated heterocycles. The smallest absolute Gasteiger partial charge is 0.387 e. The highest BCUT2D eigenvalue weighted by atomic mass is 19.3. The van der Waals surface area contributed by atoms with Crippen molar-refractivity contribution in [3.05, 3.63) is 29.8 Å². The molecular formula is C15H18F2N2O3. The average molecular weight is 312 g/mol. The maximum absolute atomic E-state index is 12.5. The van der Waals surface area contributed by atoms with Gasteiger partial charge in [0.05, 0.1) is 0 Å². The van der Waals surface area contributed by atoms with E-state index in [1.807, 2.05) is 0 Å². The van der Waals surface area contributed by atoms with E-state index in [-0.39, 0.29) is 23.1 Å². The van der Waals surface area contributed by atoms with Gasteiger partial charge in [-0.15, -0.1) is 0 Å². The second kappa shape index (κ2) is 6.72. The number of likely N-dealkylation sites (N-methyl/N-ethyl adjacent to an activating group) is 1. The number of carbonyl (C=O) groups excluding carboxylic acids is 2. The van der Waals surface area contributed by atoms with Crippen LogP contribution in [0.4, 0.5) is 8.78 Å². The molecule has 1 aromatic carbocycles. The summed E-state index contributed by atoms with van der Waals surface area (Å²) in [4.78, 5) is 27.6. The van der Waals surface area contributed by atoms with Crippen molar-refractivity contribution in [2.24, 2.45) is 0 Å². The Labute approximate surface area is 127 Å². The van der Waals surface area contributed by atoms with Crippen molar-refractivity contribution in [2.45, 2.75) is 25.5 Å². The fraction of sp³-hybridized carbons (Fsp3) is 0.467. The van der Waals surface area contributed by atoms with Gasteiger partial charge < -0.3 is 14.5 Å². The van der Waals surface area contributed by atoms with Gasteiger partial charge >= 0.3 is 6.61 Å². The highest BCUT2D eigenvalue weighted by Gasteiger charge is 2.35. The van der Waals surface area contributed by atoms with Crippen molar-refractivity contribution < 1.29 is 23.1 Å². The third-order valence-electron chi connectivity index (χ3n) is 3.55. The summed E-state index contributed by atoms with van der Waals surface area (Å²) in [5.74, 6) is -0.557. The molecule has 0 aliphatic carbocycles. The lowest BCUT2D eigenvalue weighted by atomic mass is 10.1. The Bertz CT molecular complexity index is 563. The summed E-state index contributed by atoms with van der Waals surface area (Å²) in [6, 6.07) is 5.13. The fourth-order valence-electron chi connectivity index (χ4n) is 2.54. The Morgan fingerprint density at radius 1 is 1.36 bits per heavy atom. The van der Waals surface area contributed by atoms with Gasteiger partial charge in [-0.25, -0.2) is 0 Å². The molecule has 0 radical (unpaired) electrons. The molecule has 1 aromatic rings. The Morgan fingerprint density at radius 3 is 2.73 bits per heavy atom. The zero-order chi connectivity index (χ0) is 16.3. The molecule has 1 heterocycles. The predicted octanol–water partition coefficient (Wildman–Crippen LogP) is 1.98. The standard InChI is InChI=1S/C15H18F2N2O3/c1-18(2)14(21)12-7-4-8-19(12)13(20)10-5-3-6-11(9-10)22-15(16)17/h3,5-6,9,12,15H,4,7-8H2,1-2H3. The zero-order valence-electron chi connectivity index (χ0n) is 12.5. The summed E-state index contributed by atoms with van der Waals surface area (Å²) in [6.45, 7) is -2.47. The molecule has 0 saturated carbocycles. The van der Waals surface area contributed by atoms with Crippen LogP contribution in [-0.4, -0.2) is 54.9 Å². The molecule has 1 aliphatic rings. The first-order valence-corrected chi connectivity index (χ1v) is 6.97. The van der Waals surface area contributed by atoms with Gasteiger partial charge in [0, 0.05) is 26.2 Å². The third kappa shape index (κ3) is 3.52. The highest BCUT2D eigenvalue weighted by molar-refractivity contribution is 5.98. The van der Waals surface area contributed by atoms with Crippen LogP contribution in [0.5, 0.6) is 5.75 Å². The van der Waals surface area contributed by atoms with Crippen molar-refractivity contribution in [2.75, 3.05) is 20.6 Å². The topological polar surface area (TPSA) is 49.9 Å². The van der Waals surface area contributed by atoms with Gasteiger partial charge in [0.15, 0.2) is 0 Å². The Balaban J connectivity index is 2.18. The Hall–Kier alpha value is -2.18. The quantitative estimate of drug-likeness (QED) is 0.854. The van der Waals surface area contributed by atoms with Gasteiger partial charge in [-0.3, -0.25) is 9.59 Å². The van der Waals surface area contributed by atoms with E-state index < -0.39 is 12.7 Å². The first-order valence-electron chi connectivity index (χ1n) is 6.97. The summed E-state index contributed by atoms with van der Waals surface area (Å²) in [6.07, 6.45) is 1.35. The number of halogens is 2. The molecule has 0 bridgehead atoms. The number of likely N-dealkylation sites (tertiary alicyclic amines) is 1. The van der Waals surface area contributed by atoms with Crippen molar-refractivity contribution in [1.29, 1.82) is 0 Å². The van der Waals surface area contributed by atoms with Crippen LogP contribution in [0.1, 0.15) is 23.2 Å². The number of alkyl halides is 2. The number of hydrogen-bond acceptors (Lipinski definition) is 3. The molecule has 1 unspecified atom stereocenters. The van der Waals surface area contributed by atoms with Gasteiger partial charge in [0.2, 0.25) is 5.91 Å². The maximum atomic E-state index is 12.5. The number of ether oxygens (including phenoxy) is 1. The molecule has 22 heavy (non-hydrogen) atoms. The monoisotopic (exact) mass is 312 g/mol. The van der Waals surface area contributed by atoms with E-state index in [0.29, 0.717) is 13.0 Å². The minimum absolute atomic E-state index is 0.0736. The van der Waals surface area contributed by atoms with Crippen LogP contribution in [0, 0.1) is 0 Å². The molecule has 0 aromatic heterocycles. The lowest BCUT2D eigenvalue weighted by Gasteiger charge is -2.26. The van der Waals surface area contributed by atoms with Crippen LogP contribution < -0.4 is 4.74 Å². The van der Waals surface area contributed by atoms with E-state index in [0.717, 1.165) is 6.42 Å². The van der Waals surface area contributed by atoms with Crippen molar-refractivity contribution in [1.82, 2.24) is 9.80 Å². The number of amides is 2. The summed E-state index contributed by atoms with van der Waals surface area (Å²) in [5.41, 5.74) is 0.233. The molecule has 0 spiro atoms. The summed E-state index contributed by atoms with van der Waals surface area (Å²) < 4.78 is 28.8. The highest BCUT2D eigenvalue weighted by Crippen LogP contribution is 2.23. The molecule has 5 nitrogen and oxygen atoms in total. The van der Waals surface area contributed by atoms with E-state index in [1.165, 1.54) is 34.1 Å². The Kier molecular flexibility index (Phi) is 4.95. The second-order valence-electron chi connectivity index (χ2n) is 5.30. The maximum Gasteiger partial charge on any atom is 0.387 e. The lowest BCUT2D eigenvalue weighted by Crippen LogP contribution is -2.45. The normalized spacial score (nSPS) is 17.7. The number of rotatable bonds is 4. The molecule has 1 atom stereocenters. The van der Waals surface area contributed by atoms with Crippen LogP contribution >= 0.6 is 0 Å². The van der Waals surface area contributed by atoms with E-state index in [2.05, 4.69) is 4.74 Å². The lowest BCUT2D eigenvalue weighted by molar-refractivity contribution is -0.132. The molecule has 7 heteroatoms. The molecule has 2 amide bonds. The number of nitrogens with zero attached hydrogens (tertiary/aromatic N) is 2. The number of carbonyl (C=O) groups is 2. The van der Waals surface area contributed by atoms with E-state index in [4.69, 9.17) is 0 Å². The summed E-state index contributed by atoms with van der Waals surface area (Å²) in [5, 5.41) is 0. The van der Waals surface area contributed by atoms with Crippen molar-refractivity contribution in [3.8, 4) is 5.75 Å². The van der Waals surface area contributed by atoms with Crippen molar-refractivity contribution >= 4 is 11.8 Å². The van der Waals surface area contributed by atoms with E-state index in [9.17, 15) is 18.4 Å². The van der Waals surface area contributed by atoms with E-state index >= 15 is 0 Å². The largest absolute Gasteiger partial charge is 0.435 e. The van der Waals surface area contributed by atoms with Gasteiger partial charge in [-0.1, -0.05) is 6.07 Å². The Morgan fingerprint density at radius 2 is 2.09 bits per heavy atom.